The number of anilines is 1. The maximum Gasteiger partial charge on any atom is 0.135 e. The van der Waals surface area contributed by atoms with Crippen molar-refractivity contribution in [2.75, 3.05) is 18.0 Å². The second-order valence-corrected chi connectivity index (χ2v) is 5.19. The van der Waals surface area contributed by atoms with Crippen LogP contribution in [-0.2, 0) is 6.42 Å². The first-order chi connectivity index (χ1) is 8.54. The van der Waals surface area contributed by atoms with Crippen molar-refractivity contribution >= 4 is 5.82 Å². The van der Waals surface area contributed by atoms with E-state index in [4.69, 9.17) is 0 Å². The van der Waals surface area contributed by atoms with Crippen LogP contribution in [0.2, 0.25) is 0 Å². The van der Waals surface area contributed by atoms with E-state index in [1.165, 1.54) is 6.33 Å². The molecular formula is C13H21N3O2. The number of nitrogens with zero attached hydrogens (tertiary/aromatic N) is 3. The molecule has 1 fully saturated rings. The van der Waals surface area contributed by atoms with Gasteiger partial charge in [-0.1, -0.05) is 13.3 Å². The fourth-order valence-electron chi connectivity index (χ4n) is 2.30. The molecule has 2 heterocycles. The molecule has 1 aromatic rings. The molecule has 1 aliphatic rings. The van der Waals surface area contributed by atoms with Crippen molar-refractivity contribution in [3.8, 4) is 0 Å². The Bertz CT molecular complexity index is 409. The normalized spacial score (nSPS) is 28.4. The van der Waals surface area contributed by atoms with Crippen LogP contribution in [0.15, 0.2) is 12.5 Å². The minimum Gasteiger partial charge on any atom is -0.388 e. The minimum atomic E-state index is -0.992. The van der Waals surface area contributed by atoms with Crippen LogP contribution in [0.4, 0.5) is 5.82 Å². The van der Waals surface area contributed by atoms with Gasteiger partial charge >= 0.3 is 0 Å². The molecule has 2 N–H and O–H groups in total. The highest BCUT2D eigenvalue weighted by atomic mass is 16.3. The summed E-state index contributed by atoms with van der Waals surface area (Å²) in [5.74, 6) is 0.890. The molecule has 0 spiro atoms. The van der Waals surface area contributed by atoms with Crippen LogP contribution in [0, 0.1) is 0 Å². The van der Waals surface area contributed by atoms with E-state index < -0.39 is 11.7 Å². The molecule has 1 saturated heterocycles. The van der Waals surface area contributed by atoms with Crippen molar-refractivity contribution in [3.63, 3.8) is 0 Å². The number of aliphatic hydroxyl groups excluding tert-OH is 1. The van der Waals surface area contributed by atoms with Gasteiger partial charge in [0.15, 0.2) is 0 Å². The van der Waals surface area contributed by atoms with Gasteiger partial charge in [-0.15, -0.1) is 0 Å². The molecule has 5 nitrogen and oxygen atoms in total. The summed E-state index contributed by atoms with van der Waals surface area (Å²) in [4.78, 5) is 10.4. The van der Waals surface area contributed by atoms with Gasteiger partial charge in [0.1, 0.15) is 12.1 Å². The molecule has 1 aromatic heterocycles. The van der Waals surface area contributed by atoms with E-state index >= 15 is 0 Å². The van der Waals surface area contributed by atoms with Gasteiger partial charge in [-0.2, -0.15) is 0 Å². The first-order valence-electron chi connectivity index (χ1n) is 6.49. The van der Waals surface area contributed by atoms with Crippen molar-refractivity contribution in [1.82, 2.24) is 9.97 Å². The molecule has 1 aliphatic heterocycles. The molecule has 0 aromatic carbocycles. The van der Waals surface area contributed by atoms with Crippen molar-refractivity contribution < 1.29 is 10.2 Å². The fourth-order valence-corrected chi connectivity index (χ4v) is 2.30. The average molecular weight is 251 g/mol. The van der Waals surface area contributed by atoms with E-state index in [9.17, 15) is 10.2 Å². The van der Waals surface area contributed by atoms with E-state index in [2.05, 4.69) is 16.9 Å². The highest BCUT2D eigenvalue weighted by Gasteiger charge is 2.37. The summed E-state index contributed by atoms with van der Waals surface area (Å²) < 4.78 is 0. The van der Waals surface area contributed by atoms with Gasteiger partial charge in [0, 0.05) is 24.8 Å². The van der Waals surface area contributed by atoms with Crippen molar-refractivity contribution in [2.24, 2.45) is 0 Å². The lowest BCUT2D eigenvalue weighted by Crippen LogP contribution is -2.54. The number of hydrogen-bond acceptors (Lipinski definition) is 5. The molecule has 100 valence electrons. The lowest BCUT2D eigenvalue weighted by Gasteiger charge is -2.40. The summed E-state index contributed by atoms with van der Waals surface area (Å²) in [6.45, 7) is 4.92. The van der Waals surface area contributed by atoms with E-state index in [0.717, 1.165) is 24.2 Å². The number of aryl methyl sites for hydroxylation is 1. The Morgan fingerprint density at radius 2 is 2.33 bits per heavy atom. The van der Waals surface area contributed by atoms with Gasteiger partial charge in [0.05, 0.1) is 11.7 Å². The summed E-state index contributed by atoms with van der Waals surface area (Å²) in [6.07, 6.45) is 5.14. The zero-order valence-corrected chi connectivity index (χ0v) is 11.0. The molecule has 0 bridgehead atoms. The number of rotatable bonds is 3. The van der Waals surface area contributed by atoms with Crippen LogP contribution in [0.1, 0.15) is 32.3 Å². The molecule has 2 rings (SSSR count). The van der Waals surface area contributed by atoms with Gasteiger partial charge in [-0.3, -0.25) is 0 Å². The summed E-state index contributed by atoms with van der Waals surface area (Å²) in [7, 11) is 0. The molecule has 0 aliphatic carbocycles. The first kappa shape index (κ1) is 13.2. The third kappa shape index (κ3) is 2.62. The van der Waals surface area contributed by atoms with E-state index in [-0.39, 0.29) is 0 Å². The number of β-amino-alcohol motifs (C(OH)–C–C–N with tert-alkyl or cyclic N) is 1. The van der Waals surface area contributed by atoms with Crippen LogP contribution in [0.25, 0.3) is 0 Å². The largest absolute Gasteiger partial charge is 0.388 e. The Morgan fingerprint density at radius 3 is 3.00 bits per heavy atom. The lowest BCUT2D eigenvalue weighted by atomic mass is 9.90. The van der Waals surface area contributed by atoms with Crippen LogP contribution >= 0.6 is 0 Å². The van der Waals surface area contributed by atoms with E-state index in [1.54, 1.807) is 6.92 Å². The summed E-state index contributed by atoms with van der Waals surface area (Å²) in [5.41, 5.74) is 0.114. The monoisotopic (exact) mass is 251 g/mol. The molecule has 18 heavy (non-hydrogen) atoms. The van der Waals surface area contributed by atoms with Gasteiger partial charge in [0.2, 0.25) is 0 Å². The third-order valence-corrected chi connectivity index (χ3v) is 3.58. The number of aromatic nitrogens is 2. The van der Waals surface area contributed by atoms with Gasteiger partial charge < -0.3 is 15.1 Å². The Kier molecular flexibility index (Phi) is 3.82. The van der Waals surface area contributed by atoms with Crippen molar-refractivity contribution in [3.05, 3.63) is 18.1 Å². The standard InChI is InChI=1S/C13H21N3O2/c1-3-4-10-7-14-9-15-12(10)16-6-5-13(2,18)11(17)8-16/h7,9,11,17-18H,3-6,8H2,1-2H3/t11-,13+/m0/s1. The maximum atomic E-state index is 9.97. The predicted molar refractivity (Wildman–Crippen MR) is 69.5 cm³/mol. The maximum absolute atomic E-state index is 9.97. The summed E-state index contributed by atoms with van der Waals surface area (Å²) in [5, 5.41) is 19.9. The molecule has 0 unspecified atom stereocenters. The molecule has 2 atom stereocenters. The Balaban J connectivity index is 2.18. The SMILES string of the molecule is CCCc1cncnc1N1CC[C@@](C)(O)[C@@H](O)C1. The first-order valence-corrected chi connectivity index (χ1v) is 6.49. The van der Waals surface area contributed by atoms with Crippen LogP contribution in [0.5, 0.6) is 0 Å². The quantitative estimate of drug-likeness (QED) is 0.829. The Morgan fingerprint density at radius 1 is 1.56 bits per heavy atom. The molecular weight excluding hydrogens is 230 g/mol. The summed E-state index contributed by atoms with van der Waals surface area (Å²) in [6, 6.07) is 0. The zero-order chi connectivity index (χ0) is 13.2. The van der Waals surface area contributed by atoms with E-state index in [1.807, 2.05) is 11.1 Å². The molecule has 0 radical (unpaired) electrons. The summed E-state index contributed by atoms with van der Waals surface area (Å²) >= 11 is 0. The second kappa shape index (κ2) is 5.20. The van der Waals surface area contributed by atoms with Crippen molar-refractivity contribution in [1.29, 1.82) is 0 Å². The van der Waals surface area contributed by atoms with Crippen LogP contribution in [0.3, 0.4) is 0 Å². The average Bonchev–Trinajstić information content (AvgIpc) is 2.34. The fraction of sp³-hybridized carbons (Fsp3) is 0.692. The highest BCUT2D eigenvalue weighted by molar-refractivity contribution is 5.46. The van der Waals surface area contributed by atoms with Crippen LogP contribution in [-0.4, -0.2) is 45.0 Å². The molecule has 5 heteroatoms. The zero-order valence-electron chi connectivity index (χ0n) is 11.0. The van der Waals surface area contributed by atoms with Gasteiger partial charge in [0.25, 0.3) is 0 Å². The minimum absolute atomic E-state index is 0.417. The van der Waals surface area contributed by atoms with Crippen molar-refractivity contribution in [2.45, 2.75) is 44.8 Å². The topological polar surface area (TPSA) is 69.5 Å². The number of hydrogen-bond donors (Lipinski definition) is 2. The number of aliphatic hydroxyl groups is 2. The van der Waals surface area contributed by atoms with Gasteiger partial charge in [-0.05, 0) is 19.8 Å². The highest BCUT2D eigenvalue weighted by Crippen LogP contribution is 2.27. The Labute approximate surface area is 107 Å². The second-order valence-electron chi connectivity index (χ2n) is 5.19. The van der Waals surface area contributed by atoms with Crippen LogP contribution < -0.4 is 4.90 Å². The molecule has 0 saturated carbocycles. The molecule has 0 amide bonds. The van der Waals surface area contributed by atoms with E-state index in [0.29, 0.717) is 19.5 Å². The predicted octanol–water partition coefficient (Wildman–Crippen LogP) is 0.751. The smallest absolute Gasteiger partial charge is 0.135 e. The van der Waals surface area contributed by atoms with Gasteiger partial charge in [-0.25, -0.2) is 9.97 Å². The third-order valence-electron chi connectivity index (χ3n) is 3.58. The lowest BCUT2D eigenvalue weighted by molar-refractivity contribution is -0.0723. The number of piperidine rings is 1. The Hall–Kier alpha value is -1.20.